The Hall–Kier alpha value is -1.69. The van der Waals surface area contributed by atoms with E-state index in [2.05, 4.69) is 15.0 Å². The maximum atomic E-state index is 4.45. The molecule has 0 saturated heterocycles. The maximum absolute atomic E-state index is 4.45. The van der Waals surface area contributed by atoms with Crippen molar-refractivity contribution in [2.45, 2.75) is 0 Å². The second kappa shape index (κ2) is 4.67. The van der Waals surface area contributed by atoms with Crippen LogP contribution in [0.4, 0.5) is 11.9 Å². The molecule has 2 heterocycles. The summed E-state index contributed by atoms with van der Waals surface area (Å²) in [7, 11) is 7.69. The van der Waals surface area contributed by atoms with E-state index in [1.807, 2.05) is 55.5 Å². The highest BCUT2D eigenvalue weighted by molar-refractivity contribution is 7.13. The van der Waals surface area contributed by atoms with Gasteiger partial charge in [-0.05, 0) is 11.4 Å². The quantitative estimate of drug-likeness (QED) is 0.829. The van der Waals surface area contributed by atoms with Crippen molar-refractivity contribution >= 4 is 23.2 Å². The first-order chi connectivity index (χ1) is 8.08. The molecule has 0 bridgehead atoms. The maximum Gasteiger partial charge on any atom is 0.230 e. The van der Waals surface area contributed by atoms with Gasteiger partial charge in [0.25, 0.3) is 0 Å². The number of rotatable bonds is 3. The van der Waals surface area contributed by atoms with Gasteiger partial charge in [0.2, 0.25) is 11.9 Å². The van der Waals surface area contributed by atoms with Crippen LogP contribution < -0.4 is 9.80 Å². The van der Waals surface area contributed by atoms with Gasteiger partial charge < -0.3 is 9.80 Å². The number of hydrogen-bond acceptors (Lipinski definition) is 6. The topological polar surface area (TPSA) is 45.2 Å². The van der Waals surface area contributed by atoms with Crippen LogP contribution in [0.2, 0.25) is 0 Å². The minimum Gasteiger partial charge on any atom is -0.347 e. The molecule has 5 nitrogen and oxygen atoms in total. The van der Waals surface area contributed by atoms with Crippen LogP contribution in [0.3, 0.4) is 0 Å². The van der Waals surface area contributed by atoms with E-state index < -0.39 is 0 Å². The number of aromatic nitrogens is 3. The Morgan fingerprint density at radius 3 is 1.94 bits per heavy atom. The summed E-state index contributed by atoms with van der Waals surface area (Å²) >= 11 is 1.63. The molecule has 0 N–H and O–H groups in total. The molecule has 0 amide bonds. The zero-order chi connectivity index (χ0) is 12.4. The fourth-order valence-corrected chi connectivity index (χ4v) is 1.93. The van der Waals surface area contributed by atoms with Crippen molar-refractivity contribution in [3.63, 3.8) is 0 Å². The van der Waals surface area contributed by atoms with E-state index in [4.69, 9.17) is 0 Å². The minimum absolute atomic E-state index is 0.673. The Kier molecular flexibility index (Phi) is 3.23. The van der Waals surface area contributed by atoms with E-state index in [9.17, 15) is 0 Å². The lowest BCUT2D eigenvalue weighted by molar-refractivity contribution is 0.921. The van der Waals surface area contributed by atoms with Gasteiger partial charge in [0, 0.05) is 28.2 Å². The molecular weight excluding hydrogens is 234 g/mol. The molecule has 90 valence electrons. The highest BCUT2D eigenvalue weighted by Gasteiger charge is 2.11. The van der Waals surface area contributed by atoms with Crippen molar-refractivity contribution in [3.05, 3.63) is 17.5 Å². The number of thiophene rings is 1. The molecule has 0 aromatic carbocycles. The first-order valence-electron chi connectivity index (χ1n) is 5.22. The zero-order valence-electron chi connectivity index (χ0n) is 10.4. The lowest BCUT2D eigenvalue weighted by Gasteiger charge is -2.15. The van der Waals surface area contributed by atoms with Crippen molar-refractivity contribution < 1.29 is 0 Å². The summed E-state index contributed by atoms with van der Waals surface area (Å²) in [4.78, 5) is 18.1. The van der Waals surface area contributed by atoms with Crippen LogP contribution in [0.5, 0.6) is 0 Å². The number of nitrogens with zero attached hydrogens (tertiary/aromatic N) is 5. The van der Waals surface area contributed by atoms with Gasteiger partial charge in [0.15, 0.2) is 5.82 Å². The van der Waals surface area contributed by atoms with Gasteiger partial charge in [0.1, 0.15) is 0 Å². The van der Waals surface area contributed by atoms with Crippen LogP contribution >= 0.6 is 11.3 Å². The van der Waals surface area contributed by atoms with Gasteiger partial charge in [-0.2, -0.15) is 15.0 Å². The van der Waals surface area contributed by atoms with Gasteiger partial charge in [-0.3, -0.25) is 0 Å². The van der Waals surface area contributed by atoms with E-state index in [0.717, 1.165) is 10.7 Å². The van der Waals surface area contributed by atoms with Crippen LogP contribution in [0, 0.1) is 0 Å². The van der Waals surface area contributed by atoms with Crippen molar-refractivity contribution in [1.29, 1.82) is 0 Å². The first kappa shape index (κ1) is 11.8. The third kappa shape index (κ3) is 2.52. The van der Waals surface area contributed by atoms with Crippen molar-refractivity contribution in [3.8, 4) is 10.7 Å². The van der Waals surface area contributed by atoms with Gasteiger partial charge in [-0.15, -0.1) is 11.3 Å². The Balaban J connectivity index is 2.52. The summed E-state index contributed by atoms with van der Waals surface area (Å²) < 4.78 is 0. The van der Waals surface area contributed by atoms with Gasteiger partial charge in [-0.25, -0.2) is 0 Å². The summed E-state index contributed by atoms with van der Waals surface area (Å²) in [5.41, 5.74) is 0. The molecule has 0 aliphatic heterocycles. The van der Waals surface area contributed by atoms with E-state index in [0.29, 0.717) is 11.9 Å². The monoisotopic (exact) mass is 249 g/mol. The predicted molar refractivity (Wildman–Crippen MR) is 71.8 cm³/mol. The Bertz CT molecular complexity index is 466. The van der Waals surface area contributed by atoms with E-state index in [1.165, 1.54) is 0 Å². The molecular formula is C11H15N5S. The van der Waals surface area contributed by atoms with Crippen molar-refractivity contribution in [2.75, 3.05) is 38.0 Å². The van der Waals surface area contributed by atoms with E-state index >= 15 is 0 Å². The number of hydrogen-bond donors (Lipinski definition) is 0. The lowest BCUT2D eigenvalue weighted by atomic mass is 10.4. The average Bonchev–Trinajstić information content (AvgIpc) is 2.81. The Labute approximate surface area is 105 Å². The molecule has 17 heavy (non-hydrogen) atoms. The SMILES string of the molecule is CN(C)c1nc(-c2cccs2)nc(N(C)C)n1. The van der Waals surface area contributed by atoms with Gasteiger partial charge >= 0.3 is 0 Å². The molecule has 0 unspecified atom stereocenters. The minimum atomic E-state index is 0.673. The fraction of sp³-hybridized carbons (Fsp3) is 0.364. The summed E-state index contributed by atoms with van der Waals surface area (Å²) in [6.07, 6.45) is 0. The highest BCUT2D eigenvalue weighted by Crippen LogP contribution is 2.23. The molecule has 6 heteroatoms. The molecule has 0 aliphatic rings. The second-order valence-electron chi connectivity index (χ2n) is 4.03. The summed E-state index contributed by atoms with van der Waals surface area (Å²) in [5.74, 6) is 2.07. The van der Waals surface area contributed by atoms with Gasteiger partial charge in [0.05, 0.1) is 4.88 Å². The third-order valence-electron chi connectivity index (χ3n) is 2.15. The molecule has 2 rings (SSSR count). The van der Waals surface area contributed by atoms with Crippen LogP contribution in [0.25, 0.3) is 10.7 Å². The van der Waals surface area contributed by atoms with Crippen LogP contribution in [-0.2, 0) is 0 Å². The van der Waals surface area contributed by atoms with Crippen LogP contribution in [0.1, 0.15) is 0 Å². The first-order valence-corrected chi connectivity index (χ1v) is 6.10. The molecule has 2 aromatic rings. The van der Waals surface area contributed by atoms with E-state index in [-0.39, 0.29) is 0 Å². The molecule has 0 radical (unpaired) electrons. The molecule has 0 atom stereocenters. The fourth-order valence-electron chi connectivity index (χ4n) is 1.27. The van der Waals surface area contributed by atoms with Crippen molar-refractivity contribution in [1.82, 2.24) is 15.0 Å². The lowest BCUT2D eigenvalue weighted by Crippen LogP contribution is -2.19. The smallest absolute Gasteiger partial charge is 0.230 e. The van der Waals surface area contributed by atoms with E-state index in [1.54, 1.807) is 11.3 Å². The van der Waals surface area contributed by atoms with Crippen LogP contribution in [-0.4, -0.2) is 43.1 Å². The highest BCUT2D eigenvalue weighted by atomic mass is 32.1. The predicted octanol–water partition coefficient (Wildman–Crippen LogP) is 1.73. The zero-order valence-corrected chi connectivity index (χ0v) is 11.2. The second-order valence-corrected chi connectivity index (χ2v) is 4.97. The summed E-state index contributed by atoms with van der Waals surface area (Å²) in [5, 5.41) is 2.02. The Morgan fingerprint density at radius 1 is 0.941 bits per heavy atom. The molecule has 2 aromatic heterocycles. The number of anilines is 2. The standard InChI is InChI=1S/C11H15N5S/c1-15(2)10-12-9(8-6-5-7-17-8)13-11(14-10)16(3)4/h5-7H,1-4H3. The van der Waals surface area contributed by atoms with Crippen LogP contribution in [0.15, 0.2) is 17.5 Å². The van der Waals surface area contributed by atoms with Crippen molar-refractivity contribution in [2.24, 2.45) is 0 Å². The molecule has 0 spiro atoms. The normalized spacial score (nSPS) is 10.4. The average molecular weight is 249 g/mol. The molecule has 0 saturated carbocycles. The third-order valence-corrected chi connectivity index (χ3v) is 3.02. The largest absolute Gasteiger partial charge is 0.347 e. The van der Waals surface area contributed by atoms with Gasteiger partial charge in [-0.1, -0.05) is 6.07 Å². The summed E-state index contributed by atoms with van der Waals surface area (Å²) in [6, 6.07) is 4.01. The Morgan fingerprint density at radius 2 is 1.53 bits per heavy atom. The molecule has 0 aliphatic carbocycles. The summed E-state index contributed by atoms with van der Waals surface area (Å²) in [6.45, 7) is 0. The molecule has 0 fully saturated rings.